The van der Waals surface area contributed by atoms with Gasteiger partial charge in [-0.15, -0.1) is 11.3 Å². The van der Waals surface area contributed by atoms with Crippen molar-refractivity contribution in [2.24, 2.45) is 0 Å². The van der Waals surface area contributed by atoms with Crippen molar-refractivity contribution in [3.05, 3.63) is 69.2 Å². The average molecular weight is 371 g/mol. The van der Waals surface area contributed by atoms with Crippen LogP contribution in [0.1, 0.15) is 21.0 Å². The Kier molecular flexibility index (Phi) is 4.38. The molecule has 4 aromatic heterocycles. The van der Waals surface area contributed by atoms with Gasteiger partial charge < -0.3 is 9.72 Å². The lowest BCUT2D eigenvalue weighted by Gasteiger charge is -2.01. The normalized spacial score (nSPS) is 11.1. The van der Waals surface area contributed by atoms with Crippen molar-refractivity contribution in [1.29, 1.82) is 0 Å². The molecule has 0 atom stereocenters. The SMILES string of the molecule is COc1cncc(Cc2nc(Cl)c(Cc3c[nH]c4ncccc34)s2)c1. The predicted molar refractivity (Wildman–Crippen MR) is 99.6 cm³/mol. The van der Waals surface area contributed by atoms with Crippen molar-refractivity contribution in [3.63, 3.8) is 0 Å². The number of nitrogens with one attached hydrogen (secondary N) is 1. The van der Waals surface area contributed by atoms with Crippen LogP contribution in [-0.2, 0) is 12.8 Å². The number of rotatable bonds is 5. The third-order valence-corrected chi connectivity index (χ3v) is 5.42. The van der Waals surface area contributed by atoms with Crippen LogP contribution in [0.15, 0.2) is 43.0 Å². The minimum Gasteiger partial charge on any atom is -0.495 e. The largest absolute Gasteiger partial charge is 0.495 e. The summed E-state index contributed by atoms with van der Waals surface area (Å²) in [7, 11) is 1.63. The molecule has 7 heteroatoms. The molecule has 4 aromatic rings. The number of H-pyrrole nitrogens is 1. The Labute approximate surface area is 153 Å². The van der Waals surface area contributed by atoms with Gasteiger partial charge in [0.15, 0.2) is 0 Å². The van der Waals surface area contributed by atoms with Gasteiger partial charge in [0.2, 0.25) is 0 Å². The monoisotopic (exact) mass is 370 g/mol. The van der Waals surface area contributed by atoms with Crippen LogP contribution >= 0.6 is 22.9 Å². The van der Waals surface area contributed by atoms with Gasteiger partial charge in [0.05, 0.1) is 18.3 Å². The van der Waals surface area contributed by atoms with Crippen LogP contribution in [0.5, 0.6) is 5.75 Å². The number of halogens is 1. The summed E-state index contributed by atoms with van der Waals surface area (Å²) in [5.41, 5.74) is 3.11. The molecule has 0 aromatic carbocycles. The first kappa shape index (κ1) is 16.1. The minimum absolute atomic E-state index is 0.564. The Balaban J connectivity index is 1.57. The fraction of sp³-hybridized carbons (Fsp3) is 0.167. The fourth-order valence-corrected chi connectivity index (χ4v) is 4.09. The van der Waals surface area contributed by atoms with Crippen LogP contribution in [0.3, 0.4) is 0 Å². The number of hydrogen-bond acceptors (Lipinski definition) is 5. The van der Waals surface area contributed by atoms with Crippen molar-refractivity contribution in [1.82, 2.24) is 19.9 Å². The molecule has 1 N–H and O–H groups in total. The van der Waals surface area contributed by atoms with Gasteiger partial charge in [-0.1, -0.05) is 11.6 Å². The van der Waals surface area contributed by atoms with Crippen molar-refractivity contribution in [2.45, 2.75) is 12.8 Å². The lowest BCUT2D eigenvalue weighted by molar-refractivity contribution is 0.412. The standard InChI is InChI=1S/C18H15ClN4OS/c1-24-13-5-11(8-20-10-13)6-16-23-17(19)15(25-16)7-12-9-22-18-14(12)3-2-4-21-18/h2-5,8-10H,6-7H2,1H3,(H,21,22). The van der Waals surface area contributed by atoms with E-state index in [1.54, 1.807) is 30.8 Å². The van der Waals surface area contributed by atoms with E-state index >= 15 is 0 Å². The third kappa shape index (κ3) is 3.36. The number of hydrogen-bond donors (Lipinski definition) is 1. The highest BCUT2D eigenvalue weighted by Gasteiger charge is 2.13. The summed E-state index contributed by atoms with van der Waals surface area (Å²) in [5, 5.41) is 2.65. The minimum atomic E-state index is 0.564. The molecule has 4 rings (SSSR count). The Morgan fingerprint density at radius 1 is 1.28 bits per heavy atom. The van der Waals surface area contributed by atoms with Crippen LogP contribution in [0.25, 0.3) is 11.0 Å². The summed E-state index contributed by atoms with van der Waals surface area (Å²) in [6.45, 7) is 0. The highest BCUT2D eigenvalue weighted by molar-refractivity contribution is 7.12. The quantitative estimate of drug-likeness (QED) is 0.570. The Morgan fingerprint density at radius 2 is 2.20 bits per heavy atom. The lowest BCUT2D eigenvalue weighted by atomic mass is 10.1. The summed E-state index contributed by atoms with van der Waals surface area (Å²) >= 11 is 8.00. The fourth-order valence-electron chi connectivity index (χ4n) is 2.74. The van der Waals surface area contributed by atoms with E-state index in [1.165, 1.54) is 5.56 Å². The number of fused-ring (bicyclic) bond motifs is 1. The van der Waals surface area contributed by atoms with Crippen molar-refractivity contribution < 1.29 is 4.74 Å². The van der Waals surface area contributed by atoms with Gasteiger partial charge in [-0.05, 0) is 29.3 Å². The average Bonchev–Trinajstić information content (AvgIpc) is 3.19. The maximum Gasteiger partial charge on any atom is 0.143 e. The van der Waals surface area contributed by atoms with Crippen LogP contribution in [0.2, 0.25) is 5.15 Å². The second kappa shape index (κ2) is 6.82. The number of thiazole rings is 1. The zero-order valence-corrected chi connectivity index (χ0v) is 15.1. The molecule has 0 aliphatic carbocycles. The van der Waals surface area contributed by atoms with E-state index in [2.05, 4.69) is 26.0 Å². The zero-order chi connectivity index (χ0) is 17.2. The third-order valence-electron chi connectivity index (χ3n) is 3.94. The summed E-state index contributed by atoms with van der Waals surface area (Å²) in [4.78, 5) is 17.3. The van der Waals surface area contributed by atoms with E-state index < -0.39 is 0 Å². The molecule has 0 spiro atoms. The Bertz CT molecular complexity index is 1030. The second-order valence-electron chi connectivity index (χ2n) is 5.62. The van der Waals surface area contributed by atoms with Crippen LogP contribution < -0.4 is 4.74 Å². The summed E-state index contributed by atoms with van der Waals surface area (Å²) in [6.07, 6.45) is 8.70. The molecule has 5 nitrogen and oxygen atoms in total. The number of methoxy groups -OCH3 is 1. The summed E-state index contributed by atoms with van der Waals surface area (Å²) in [5.74, 6) is 0.742. The van der Waals surface area contributed by atoms with Gasteiger partial charge in [-0.2, -0.15) is 0 Å². The van der Waals surface area contributed by atoms with Crippen LogP contribution in [0, 0.1) is 0 Å². The molecule has 126 valence electrons. The molecule has 0 saturated carbocycles. The van der Waals surface area contributed by atoms with E-state index in [4.69, 9.17) is 16.3 Å². The molecule has 0 saturated heterocycles. The van der Waals surface area contributed by atoms with Crippen molar-refractivity contribution in [2.75, 3.05) is 7.11 Å². The van der Waals surface area contributed by atoms with E-state index in [9.17, 15) is 0 Å². The van der Waals surface area contributed by atoms with Gasteiger partial charge in [0.25, 0.3) is 0 Å². The molecular weight excluding hydrogens is 356 g/mol. The first-order chi connectivity index (χ1) is 12.2. The Morgan fingerprint density at radius 3 is 3.08 bits per heavy atom. The van der Waals surface area contributed by atoms with E-state index in [-0.39, 0.29) is 0 Å². The highest BCUT2D eigenvalue weighted by atomic mass is 35.5. The molecule has 0 unspecified atom stereocenters. The summed E-state index contributed by atoms with van der Waals surface area (Å²) in [6, 6.07) is 5.97. The maximum absolute atomic E-state index is 6.37. The number of pyridine rings is 2. The van der Waals surface area contributed by atoms with Gasteiger partial charge in [-0.25, -0.2) is 9.97 Å². The van der Waals surface area contributed by atoms with Crippen LogP contribution in [-0.4, -0.2) is 27.0 Å². The van der Waals surface area contributed by atoms with Gasteiger partial charge in [0, 0.05) is 41.7 Å². The molecule has 0 aliphatic heterocycles. The molecular formula is C18H15ClN4OS. The van der Waals surface area contributed by atoms with Crippen LogP contribution in [0.4, 0.5) is 0 Å². The molecule has 4 heterocycles. The first-order valence-electron chi connectivity index (χ1n) is 7.76. The molecule has 25 heavy (non-hydrogen) atoms. The molecule has 0 aliphatic rings. The van der Waals surface area contributed by atoms with Gasteiger partial charge >= 0.3 is 0 Å². The van der Waals surface area contributed by atoms with E-state index in [0.717, 1.165) is 38.7 Å². The highest BCUT2D eigenvalue weighted by Crippen LogP contribution is 2.29. The Hall–Kier alpha value is -2.44. The smallest absolute Gasteiger partial charge is 0.143 e. The zero-order valence-electron chi connectivity index (χ0n) is 13.5. The maximum atomic E-state index is 6.37. The molecule has 0 radical (unpaired) electrons. The van der Waals surface area contributed by atoms with Gasteiger partial charge in [0.1, 0.15) is 16.5 Å². The predicted octanol–water partition coefficient (Wildman–Crippen LogP) is 4.26. The topological polar surface area (TPSA) is 63.7 Å². The molecule has 0 amide bonds. The number of nitrogens with zero attached hydrogens (tertiary/aromatic N) is 3. The summed E-state index contributed by atoms with van der Waals surface area (Å²) < 4.78 is 5.22. The second-order valence-corrected chi connectivity index (χ2v) is 7.15. The van der Waals surface area contributed by atoms with Crippen molar-refractivity contribution >= 4 is 34.0 Å². The molecule has 0 bridgehead atoms. The number of ether oxygens (including phenoxy) is 1. The molecule has 0 fully saturated rings. The van der Waals surface area contributed by atoms with Gasteiger partial charge in [-0.3, -0.25) is 4.98 Å². The first-order valence-corrected chi connectivity index (χ1v) is 8.95. The van der Waals surface area contributed by atoms with Crippen molar-refractivity contribution in [3.8, 4) is 5.75 Å². The number of aromatic nitrogens is 4. The van der Waals surface area contributed by atoms with E-state index in [0.29, 0.717) is 11.6 Å². The lowest BCUT2D eigenvalue weighted by Crippen LogP contribution is -1.91. The number of aromatic amines is 1. The van der Waals surface area contributed by atoms with E-state index in [1.807, 2.05) is 24.5 Å².